The fourth-order valence-electron chi connectivity index (χ4n) is 1.96. The fourth-order valence-corrected chi connectivity index (χ4v) is 1.96. The minimum atomic E-state index is -0.471. The maximum absolute atomic E-state index is 11.8. The van der Waals surface area contributed by atoms with Crippen LogP contribution in [0.25, 0.3) is 10.8 Å². The Morgan fingerprint density at radius 1 is 1.15 bits per heavy atom. The number of aliphatic hydroxyl groups excluding tert-OH is 1. The number of rotatable bonds is 5. The minimum absolute atomic E-state index is 0.194. The minimum Gasteiger partial charge on any atom is -0.497 e. The lowest BCUT2D eigenvalue weighted by atomic mass is 10.1. The summed E-state index contributed by atoms with van der Waals surface area (Å²) in [5.74, 6) is 0.401. The number of ether oxygens (including phenoxy) is 2. The molecular formula is C16H18O4. The van der Waals surface area contributed by atoms with Crippen LogP contribution in [0.4, 0.5) is 0 Å². The number of benzene rings is 2. The highest BCUT2D eigenvalue weighted by molar-refractivity contribution is 5.86. The summed E-state index contributed by atoms with van der Waals surface area (Å²) in [5, 5.41) is 11.1. The van der Waals surface area contributed by atoms with Crippen LogP contribution >= 0.6 is 0 Å². The van der Waals surface area contributed by atoms with Crippen molar-refractivity contribution in [3.63, 3.8) is 0 Å². The highest BCUT2D eigenvalue weighted by atomic mass is 16.5. The number of methoxy groups -OCH3 is 1. The quantitative estimate of drug-likeness (QED) is 0.673. The Kier molecular flexibility index (Phi) is 4.58. The molecule has 4 nitrogen and oxygen atoms in total. The van der Waals surface area contributed by atoms with Crippen molar-refractivity contribution in [2.75, 3.05) is 13.7 Å². The fraction of sp³-hybridized carbons (Fsp3) is 0.312. The summed E-state index contributed by atoms with van der Waals surface area (Å²) >= 11 is 0. The standard InChI is InChI=1S/C16H18O4/c1-3-11(10-17)16(18)20-15-7-5-12-8-14(19-2)6-4-13(12)9-15/h4-9,11,17H,3,10H2,1-2H3. The van der Waals surface area contributed by atoms with Gasteiger partial charge in [0.15, 0.2) is 0 Å². The summed E-state index contributed by atoms with van der Waals surface area (Å²) in [6.07, 6.45) is 0.556. The number of esters is 1. The molecule has 0 aliphatic rings. The van der Waals surface area contributed by atoms with Crippen molar-refractivity contribution in [3.05, 3.63) is 36.4 Å². The van der Waals surface area contributed by atoms with Gasteiger partial charge in [-0.25, -0.2) is 0 Å². The van der Waals surface area contributed by atoms with Crippen molar-refractivity contribution in [1.82, 2.24) is 0 Å². The van der Waals surface area contributed by atoms with Gasteiger partial charge < -0.3 is 14.6 Å². The largest absolute Gasteiger partial charge is 0.497 e. The first-order chi connectivity index (χ1) is 9.67. The SMILES string of the molecule is CCC(CO)C(=O)Oc1ccc2cc(OC)ccc2c1. The van der Waals surface area contributed by atoms with Gasteiger partial charge in [-0.15, -0.1) is 0 Å². The van der Waals surface area contributed by atoms with Crippen molar-refractivity contribution in [2.45, 2.75) is 13.3 Å². The molecule has 0 aromatic heterocycles. The molecule has 0 aliphatic carbocycles. The smallest absolute Gasteiger partial charge is 0.316 e. The molecule has 0 saturated carbocycles. The van der Waals surface area contributed by atoms with Crippen LogP contribution < -0.4 is 9.47 Å². The van der Waals surface area contributed by atoms with E-state index in [9.17, 15) is 4.79 Å². The third kappa shape index (κ3) is 3.08. The predicted octanol–water partition coefficient (Wildman–Crippen LogP) is 2.77. The molecule has 0 saturated heterocycles. The zero-order valence-corrected chi connectivity index (χ0v) is 11.6. The molecule has 0 radical (unpaired) electrons. The van der Waals surface area contributed by atoms with E-state index in [1.54, 1.807) is 19.2 Å². The van der Waals surface area contributed by atoms with E-state index in [2.05, 4.69) is 0 Å². The Hall–Kier alpha value is -2.07. The van der Waals surface area contributed by atoms with Crippen LogP contribution in [0.15, 0.2) is 36.4 Å². The van der Waals surface area contributed by atoms with E-state index in [4.69, 9.17) is 14.6 Å². The van der Waals surface area contributed by atoms with Gasteiger partial charge in [-0.05, 0) is 41.5 Å². The molecule has 106 valence electrons. The number of carbonyl (C=O) groups excluding carboxylic acids is 1. The van der Waals surface area contributed by atoms with Crippen LogP contribution in [-0.4, -0.2) is 24.8 Å². The van der Waals surface area contributed by atoms with Crippen molar-refractivity contribution < 1.29 is 19.4 Å². The van der Waals surface area contributed by atoms with Gasteiger partial charge in [-0.2, -0.15) is 0 Å². The van der Waals surface area contributed by atoms with E-state index in [-0.39, 0.29) is 6.61 Å². The zero-order chi connectivity index (χ0) is 14.5. The maximum atomic E-state index is 11.8. The summed E-state index contributed by atoms with van der Waals surface area (Å²) in [6, 6.07) is 11.1. The Morgan fingerprint density at radius 3 is 2.30 bits per heavy atom. The summed E-state index contributed by atoms with van der Waals surface area (Å²) in [6.45, 7) is 1.65. The number of hydrogen-bond donors (Lipinski definition) is 1. The highest BCUT2D eigenvalue weighted by Gasteiger charge is 2.17. The van der Waals surface area contributed by atoms with E-state index >= 15 is 0 Å². The van der Waals surface area contributed by atoms with Gasteiger partial charge in [0.25, 0.3) is 0 Å². The second-order valence-electron chi connectivity index (χ2n) is 4.58. The maximum Gasteiger partial charge on any atom is 0.316 e. The number of fused-ring (bicyclic) bond motifs is 1. The molecule has 20 heavy (non-hydrogen) atoms. The monoisotopic (exact) mass is 274 g/mol. The Morgan fingerprint density at radius 2 is 1.75 bits per heavy atom. The molecule has 4 heteroatoms. The molecule has 2 aromatic rings. The van der Waals surface area contributed by atoms with Crippen LogP contribution in [0, 0.1) is 5.92 Å². The first kappa shape index (κ1) is 14.3. The predicted molar refractivity (Wildman–Crippen MR) is 77.0 cm³/mol. The molecule has 1 N–H and O–H groups in total. The van der Waals surface area contributed by atoms with Gasteiger partial charge in [0.1, 0.15) is 11.5 Å². The van der Waals surface area contributed by atoms with Gasteiger partial charge in [-0.3, -0.25) is 4.79 Å². The summed E-state index contributed by atoms with van der Waals surface area (Å²) < 4.78 is 10.5. The van der Waals surface area contributed by atoms with E-state index in [0.717, 1.165) is 16.5 Å². The van der Waals surface area contributed by atoms with E-state index < -0.39 is 11.9 Å². The second kappa shape index (κ2) is 6.39. The Labute approximate surface area is 117 Å². The molecule has 2 aromatic carbocycles. The van der Waals surface area contributed by atoms with Gasteiger partial charge >= 0.3 is 5.97 Å². The van der Waals surface area contributed by atoms with E-state index in [1.807, 2.05) is 31.2 Å². The lowest BCUT2D eigenvalue weighted by Crippen LogP contribution is -2.22. The lowest BCUT2D eigenvalue weighted by molar-refractivity contribution is -0.140. The molecule has 0 bridgehead atoms. The van der Waals surface area contributed by atoms with Crippen LogP contribution in [0.5, 0.6) is 11.5 Å². The third-order valence-corrected chi connectivity index (χ3v) is 3.28. The first-order valence-corrected chi connectivity index (χ1v) is 6.58. The molecule has 1 unspecified atom stereocenters. The molecule has 0 amide bonds. The van der Waals surface area contributed by atoms with Crippen molar-refractivity contribution in [1.29, 1.82) is 0 Å². The zero-order valence-electron chi connectivity index (χ0n) is 11.6. The third-order valence-electron chi connectivity index (χ3n) is 3.28. The molecule has 0 aliphatic heterocycles. The summed E-state index contributed by atoms with van der Waals surface area (Å²) in [4.78, 5) is 11.8. The van der Waals surface area contributed by atoms with Crippen LogP contribution in [0.2, 0.25) is 0 Å². The second-order valence-corrected chi connectivity index (χ2v) is 4.58. The first-order valence-electron chi connectivity index (χ1n) is 6.58. The molecule has 0 heterocycles. The molecular weight excluding hydrogens is 256 g/mol. The molecule has 2 rings (SSSR count). The molecule has 1 atom stereocenters. The molecule has 0 spiro atoms. The van der Waals surface area contributed by atoms with Crippen molar-refractivity contribution in [2.24, 2.45) is 5.92 Å². The summed E-state index contributed by atoms with van der Waals surface area (Å²) in [7, 11) is 1.62. The van der Waals surface area contributed by atoms with Crippen molar-refractivity contribution >= 4 is 16.7 Å². The Balaban J connectivity index is 2.22. The van der Waals surface area contributed by atoms with Crippen molar-refractivity contribution in [3.8, 4) is 11.5 Å². The van der Waals surface area contributed by atoms with E-state index in [1.165, 1.54) is 0 Å². The average molecular weight is 274 g/mol. The van der Waals surface area contributed by atoms with Crippen LogP contribution in [0.1, 0.15) is 13.3 Å². The molecule has 0 fully saturated rings. The van der Waals surface area contributed by atoms with Gasteiger partial charge in [0.2, 0.25) is 0 Å². The number of carbonyl (C=O) groups is 1. The lowest BCUT2D eigenvalue weighted by Gasteiger charge is -2.11. The van der Waals surface area contributed by atoms with Gasteiger partial charge in [-0.1, -0.05) is 19.1 Å². The summed E-state index contributed by atoms with van der Waals surface area (Å²) in [5.41, 5.74) is 0. The highest BCUT2D eigenvalue weighted by Crippen LogP contribution is 2.25. The van der Waals surface area contributed by atoms with Crippen LogP contribution in [-0.2, 0) is 4.79 Å². The van der Waals surface area contributed by atoms with Crippen LogP contribution in [0.3, 0.4) is 0 Å². The van der Waals surface area contributed by atoms with Gasteiger partial charge in [0, 0.05) is 0 Å². The number of hydrogen-bond acceptors (Lipinski definition) is 4. The number of aliphatic hydroxyl groups is 1. The topological polar surface area (TPSA) is 55.8 Å². The van der Waals surface area contributed by atoms with Gasteiger partial charge in [0.05, 0.1) is 19.6 Å². The normalized spacial score (nSPS) is 12.2. The van der Waals surface area contributed by atoms with E-state index in [0.29, 0.717) is 12.2 Å². The Bertz CT molecular complexity index is 602. The average Bonchev–Trinajstić information content (AvgIpc) is 2.48.